The standard InChI is InChI=1S/C12H15NS/c1-3-9-14-12(4-2)10-7-5-6-8-11(10)13/h3-8,12H,1-2,9,13H2. The predicted molar refractivity (Wildman–Crippen MR) is 66.4 cm³/mol. The van der Waals surface area contributed by atoms with Gasteiger partial charge in [0.15, 0.2) is 0 Å². The number of benzene rings is 1. The normalized spacial score (nSPS) is 12.0. The molecule has 2 heteroatoms. The van der Waals surface area contributed by atoms with E-state index in [1.807, 2.05) is 36.4 Å². The molecule has 0 bridgehead atoms. The zero-order valence-corrected chi connectivity index (χ0v) is 8.96. The minimum atomic E-state index is 0.259. The summed E-state index contributed by atoms with van der Waals surface area (Å²) in [6.07, 6.45) is 3.81. The summed E-state index contributed by atoms with van der Waals surface area (Å²) in [5.74, 6) is 0.908. The van der Waals surface area contributed by atoms with Crippen LogP contribution in [0.4, 0.5) is 5.69 Å². The summed E-state index contributed by atoms with van der Waals surface area (Å²) >= 11 is 1.77. The molecule has 1 aromatic carbocycles. The van der Waals surface area contributed by atoms with Crippen LogP contribution in [0.25, 0.3) is 0 Å². The lowest BCUT2D eigenvalue weighted by molar-refractivity contribution is 1.24. The van der Waals surface area contributed by atoms with Crippen molar-refractivity contribution in [1.82, 2.24) is 0 Å². The van der Waals surface area contributed by atoms with E-state index < -0.39 is 0 Å². The van der Waals surface area contributed by atoms with Gasteiger partial charge in [-0.05, 0) is 11.6 Å². The van der Waals surface area contributed by atoms with Crippen LogP contribution >= 0.6 is 11.8 Å². The molecule has 0 aliphatic heterocycles. The Bertz CT molecular complexity index is 320. The van der Waals surface area contributed by atoms with E-state index in [-0.39, 0.29) is 5.25 Å². The van der Waals surface area contributed by atoms with Crippen LogP contribution in [0, 0.1) is 0 Å². The van der Waals surface area contributed by atoms with Gasteiger partial charge in [-0.1, -0.05) is 30.4 Å². The predicted octanol–water partition coefficient (Wildman–Crippen LogP) is 3.42. The Labute approximate surface area is 89.7 Å². The molecule has 0 radical (unpaired) electrons. The highest BCUT2D eigenvalue weighted by Crippen LogP contribution is 2.32. The van der Waals surface area contributed by atoms with Crippen LogP contribution in [0.15, 0.2) is 49.6 Å². The fourth-order valence-corrected chi connectivity index (χ4v) is 2.10. The Morgan fingerprint density at radius 2 is 2.07 bits per heavy atom. The quantitative estimate of drug-likeness (QED) is 0.589. The van der Waals surface area contributed by atoms with Crippen LogP contribution in [0.2, 0.25) is 0 Å². The first kappa shape index (κ1) is 10.9. The molecule has 0 saturated carbocycles. The van der Waals surface area contributed by atoms with Gasteiger partial charge in [0.25, 0.3) is 0 Å². The second-order valence-corrected chi connectivity index (χ2v) is 4.08. The van der Waals surface area contributed by atoms with E-state index in [4.69, 9.17) is 5.73 Å². The molecule has 0 aliphatic rings. The Morgan fingerprint density at radius 3 is 2.64 bits per heavy atom. The molecule has 1 aromatic rings. The molecule has 0 fully saturated rings. The van der Waals surface area contributed by atoms with E-state index in [2.05, 4.69) is 13.2 Å². The lowest BCUT2D eigenvalue weighted by Gasteiger charge is -2.13. The minimum absolute atomic E-state index is 0.259. The zero-order chi connectivity index (χ0) is 10.4. The third-order valence-electron chi connectivity index (χ3n) is 1.91. The smallest absolute Gasteiger partial charge is 0.0498 e. The van der Waals surface area contributed by atoms with Gasteiger partial charge in [0, 0.05) is 16.7 Å². The number of para-hydroxylation sites is 1. The van der Waals surface area contributed by atoms with Crippen LogP contribution < -0.4 is 5.73 Å². The monoisotopic (exact) mass is 205 g/mol. The molecular formula is C12H15NS. The summed E-state index contributed by atoms with van der Waals surface area (Å²) in [5, 5.41) is 0.259. The third-order valence-corrected chi connectivity index (χ3v) is 3.14. The Balaban J connectivity index is 2.83. The maximum absolute atomic E-state index is 5.88. The first-order chi connectivity index (χ1) is 6.79. The molecule has 0 spiro atoms. The minimum Gasteiger partial charge on any atom is -0.398 e. The van der Waals surface area contributed by atoms with Crippen LogP contribution in [0.3, 0.4) is 0 Å². The SMILES string of the molecule is C=CCSC(C=C)c1ccccc1N. The van der Waals surface area contributed by atoms with Gasteiger partial charge in [0.2, 0.25) is 0 Å². The Hall–Kier alpha value is -1.15. The van der Waals surface area contributed by atoms with E-state index >= 15 is 0 Å². The van der Waals surface area contributed by atoms with Crippen LogP contribution in [-0.2, 0) is 0 Å². The van der Waals surface area contributed by atoms with Gasteiger partial charge in [-0.25, -0.2) is 0 Å². The fraction of sp³-hybridized carbons (Fsp3) is 0.167. The van der Waals surface area contributed by atoms with Crippen molar-refractivity contribution in [3.63, 3.8) is 0 Å². The highest BCUT2D eigenvalue weighted by Gasteiger charge is 2.09. The molecule has 0 amide bonds. The van der Waals surface area contributed by atoms with Gasteiger partial charge >= 0.3 is 0 Å². The second-order valence-electron chi connectivity index (χ2n) is 2.91. The second kappa shape index (κ2) is 5.55. The Morgan fingerprint density at radius 1 is 1.36 bits per heavy atom. The summed E-state index contributed by atoms with van der Waals surface area (Å²) in [6.45, 7) is 7.52. The summed E-state index contributed by atoms with van der Waals surface area (Å²) in [7, 11) is 0. The van der Waals surface area contributed by atoms with Crippen LogP contribution in [0.5, 0.6) is 0 Å². The lowest BCUT2D eigenvalue weighted by atomic mass is 10.1. The maximum atomic E-state index is 5.88. The van der Waals surface area contributed by atoms with E-state index in [0.29, 0.717) is 0 Å². The van der Waals surface area contributed by atoms with E-state index in [9.17, 15) is 0 Å². The number of nitrogen functional groups attached to an aromatic ring is 1. The molecular weight excluding hydrogens is 190 g/mol. The van der Waals surface area contributed by atoms with Crippen LogP contribution in [-0.4, -0.2) is 5.75 Å². The average molecular weight is 205 g/mol. The molecule has 0 aliphatic carbocycles. The molecule has 1 unspecified atom stereocenters. The van der Waals surface area contributed by atoms with Gasteiger partial charge in [-0.3, -0.25) is 0 Å². The number of nitrogens with two attached hydrogens (primary N) is 1. The Kier molecular flexibility index (Phi) is 4.33. The summed E-state index contributed by atoms with van der Waals surface area (Å²) < 4.78 is 0. The largest absolute Gasteiger partial charge is 0.398 e. The summed E-state index contributed by atoms with van der Waals surface area (Å²) in [4.78, 5) is 0. The van der Waals surface area contributed by atoms with Gasteiger partial charge in [-0.15, -0.1) is 24.9 Å². The average Bonchev–Trinajstić information content (AvgIpc) is 2.21. The zero-order valence-electron chi connectivity index (χ0n) is 8.15. The van der Waals surface area contributed by atoms with Crippen molar-refractivity contribution in [3.8, 4) is 0 Å². The molecule has 0 saturated heterocycles. The number of hydrogen-bond acceptors (Lipinski definition) is 2. The molecule has 1 nitrogen and oxygen atoms in total. The van der Waals surface area contributed by atoms with Crippen LogP contribution in [0.1, 0.15) is 10.8 Å². The highest BCUT2D eigenvalue weighted by atomic mass is 32.2. The van der Waals surface area contributed by atoms with Crippen molar-refractivity contribution in [2.45, 2.75) is 5.25 Å². The highest BCUT2D eigenvalue weighted by molar-refractivity contribution is 7.99. The number of anilines is 1. The van der Waals surface area contributed by atoms with Gasteiger partial charge in [0.1, 0.15) is 0 Å². The fourth-order valence-electron chi connectivity index (χ4n) is 1.23. The third kappa shape index (κ3) is 2.67. The van der Waals surface area contributed by atoms with Crippen molar-refractivity contribution in [1.29, 1.82) is 0 Å². The lowest BCUT2D eigenvalue weighted by Crippen LogP contribution is -1.97. The van der Waals surface area contributed by atoms with Crippen molar-refractivity contribution < 1.29 is 0 Å². The van der Waals surface area contributed by atoms with Crippen molar-refractivity contribution in [2.75, 3.05) is 11.5 Å². The molecule has 0 aromatic heterocycles. The first-order valence-electron chi connectivity index (χ1n) is 4.49. The van der Waals surface area contributed by atoms with Gasteiger partial charge in [-0.2, -0.15) is 0 Å². The van der Waals surface area contributed by atoms with Crippen molar-refractivity contribution in [2.24, 2.45) is 0 Å². The summed E-state index contributed by atoms with van der Waals surface area (Å²) in [6, 6.07) is 7.89. The van der Waals surface area contributed by atoms with E-state index in [1.54, 1.807) is 11.8 Å². The molecule has 1 rings (SSSR count). The van der Waals surface area contributed by atoms with E-state index in [0.717, 1.165) is 17.0 Å². The topological polar surface area (TPSA) is 26.0 Å². The maximum Gasteiger partial charge on any atom is 0.0498 e. The molecule has 1 atom stereocenters. The summed E-state index contributed by atoms with van der Waals surface area (Å²) in [5.41, 5.74) is 7.84. The number of thioether (sulfide) groups is 1. The van der Waals surface area contributed by atoms with Gasteiger partial charge < -0.3 is 5.73 Å². The van der Waals surface area contributed by atoms with Gasteiger partial charge in [0.05, 0.1) is 0 Å². The van der Waals surface area contributed by atoms with Crippen molar-refractivity contribution >= 4 is 17.4 Å². The number of rotatable bonds is 5. The first-order valence-corrected chi connectivity index (χ1v) is 5.54. The number of hydrogen-bond donors (Lipinski definition) is 1. The molecule has 74 valence electrons. The van der Waals surface area contributed by atoms with E-state index in [1.165, 1.54) is 0 Å². The molecule has 0 heterocycles. The molecule has 14 heavy (non-hydrogen) atoms. The van der Waals surface area contributed by atoms with Crippen molar-refractivity contribution in [3.05, 3.63) is 55.1 Å². The molecule has 2 N–H and O–H groups in total.